The molecule has 0 fully saturated rings. The van der Waals surface area contributed by atoms with Crippen LogP contribution in [0.4, 0.5) is 0 Å². The summed E-state index contributed by atoms with van der Waals surface area (Å²) in [5.41, 5.74) is 4.73. The summed E-state index contributed by atoms with van der Waals surface area (Å²) < 4.78 is 11.2. The quantitative estimate of drug-likeness (QED) is 0.585. The molecule has 1 atom stereocenters. The minimum absolute atomic E-state index is 0.118. The van der Waals surface area contributed by atoms with Crippen molar-refractivity contribution in [2.45, 2.75) is 19.6 Å². The maximum absolute atomic E-state index is 5.83. The van der Waals surface area contributed by atoms with Crippen molar-refractivity contribution in [1.29, 1.82) is 0 Å². The molecule has 0 aromatic heterocycles. The Kier molecular flexibility index (Phi) is 5.29. The van der Waals surface area contributed by atoms with Crippen LogP contribution < -0.4 is 4.74 Å². The highest BCUT2D eigenvalue weighted by Gasteiger charge is 2.04. The van der Waals surface area contributed by atoms with Crippen LogP contribution in [0.1, 0.15) is 24.2 Å². The highest BCUT2D eigenvalue weighted by atomic mass is 16.5. The van der Waals surface area contributed by atoms with Crippen molar-refractivity contribution < 1.29 is 9.47 Å². The first-order valence-electron chi connectivity index (χ1n) is 8.16. The fourth-order valence-electron chi connectivity index (χ4n) is 2.57. The maximum Gasteiger partial charge on any atom is 0.119 e. The topological polar surface area (TPSA) is 18.5 Å². The second-order valence-electron chi connectivity index (χ2n) is 5.80. The third-order valence-corrected chi connectivity index (χ3v) is 4.17. The number of hydrogen-bond donors (Lipinski definition) is 0. The SMILES string of the molecule is COC(C)c1ccc(-c2ccc(OCc3ccccc3)cc2)cc1. The van der Waals surface area contributed by atoms with E-state index in [1.807, 2.05) is 37.3 Å². The molecule has 0 saturated heterocycles. The summed E-state index contributed by atoms with van der Waals surface area (Å²) in [5.74, 6) is 0.882. The molecule has 0 heterocycles. The van der Waals surface area contributed by atoms with Gasteiger partial charge in [-0.05, 0) is 41.3 Å². The third-order valence-electron chi connectivity index (χ3n) is 4.17. The number of ether oxygens (including phenoxy) is 2. The van der Waals surface area contributed by atoms with E-state index in [0.29, 0.717) is 6.61 Å². The Morgan fingerprint density at radius 1 is 0.750 bits per heavy atom. The van der Waals surface area contributed by atoms with Crippen molar-refractivity contribution in [3.8, 4) is 16.9 Å². The van der Waals surface area contributed by atoms with Gasteiger partial charge in [0.2, 0.25) is 0 Å². The first-order chi connectivity index (χ1) is 11.8. The van der Waals surface area contributed by atoms with E-state index < -0.39 is 0 Å². The van der Waals surface area contributed by atoms with Gasteiger partial charge in [-0.1, -0.05) is 66.7 Å². The number of benzene rings is 3. The summed E-state index contributed by atoms with van der Waals surface area (Å²) in [6, 6.07) is 26.9. The monoisotopic (exact) mass is 318 g/mol. The van der Waals surface area contributed by atoms with Crippen LogP contribution >= 0.6 is 0 Å². The fourth-order valence-corrected chi connectivity index (χ4v) is 2.57. The van der Waals surface area contributed by atoms with Crippen molar-refractivity contribution in [1.82, 2.24) is 0 Å². The Morgan fingerprint density at radius 3 is 1.92 bits per heavy atom. The van der Waals surface area contributed by atoms with Crippen molar-refractivity contribution in [2.24, 2.45) is 0 Å². The molecule has 0 aliphatic rings. The predicted octanol–water partition coefficient (Wildman–Crippen LogP) is 5.64. The zero-order valence-corrected chi connectivity index (χ0v) is 14.1. The van der Waals surface area contributed by atoms with Crippen LogP contribution in [0.2, 0.25) is 0 Å². The van der Waals surface area contributed by atoms with Gasteiger partial charge in [0, 0.05) is 7.11 Å². The Bertz CT molecular complexity index is 746. The average Bonchev–Trinajstić information content (AvgIpc) is 2.67. The molecule has 2 nitrogen and oxygen atoms in total. The molecule has 2 heteroatoms. The Balaban J connectivity index is 1.65. The first-order valence-corrected chi connectivity index (χ1v) is 8.16. The van der Waals surface area contributed by atoms with Gasteiger partial charge in [-0.25, -0.2) is 0 Å². The van der Waals surface area contributed by atoms with Crippen LogP contribution in [0.15, 0.2) is 78.9 Å². The van der Waals surface area contributed by atoms with E-state index in [-0.39, 0.29) is 6.10 Å². The summed E-state index contributed by atoms with van der Waals surface area (Å²) in [5, 5.41) is 0. The van der Waals surface area contributed by atoms with Gasteiger partial charge in [-0.2, -0.15) is 0 Å². The lowest BCUT2D eigenvalue weighted by molar-refractivity contribution is 0.119. The Morgan fingerprint density at radius 2 is 1.33 bits per heavy atom. The normalized spacial score (nSPS) is 11.9. The van der Waals surface area contributed by atoms with Gasteiger partial charge in [0.15, 0.2) is 0 Å². The summed E-state index contributed by atoms with van der Waals surface area (Å²) in [6.45, 7) is 2.64. The highest BCUT2D eigenvalue weighted by molar-refractivity contribution is 5.64. The van der Waals surface area contributed by atoms with Crippen molar-refractivity contribution in [3.63, 3.8) is 0 Å². The van der Waals surface area contributed by atoms with Gasteiger partial charge >= 0.3 is 0 Å². The number of methoxy groups -OCH3 is 1. The highest BCUT2D eigenvalue weighted by Crippen LogP contribution is 2.25. The Hall–Kier alpha value is -2.58. The first kappa shape index (κ1) is 16.3. The molecule has 1 unspecified atom stereocenters. The molecule has 3 aromatic carbocycles. The van der Waals surface area contributed by atoms with Crippen LogP contribution in [0.25, 0.3) is 11.1 Å². The molecule has 0 radical (unpaired) electrons. The molecule has 3 aromatic rings. The summed E-state index contributed by atoms with van der Waals surface area (Å²) in [7, 11) is 1.73. The van der Waals surface area contributed by atoms with Crippen LogP contribution in [0, 0.1) is 0 Å². The molecular weight excluding hydrogens is 296 g/mol. The summed E-state index contributed by atoms with van der Waals surface area (Å²) in [4.78, 5) is 0. The molecule has 122 valence electrons. The van der Waals surface area contributed by atoms with E-state index in [2.05, 4.69) is 48.5 Å². The molecule has 0 aliphatic carbocycles. The third kappa shape index (κ3) is 4.03. The standard InChI is InChI=1S/C22H22O2/c1-17(23-2)19-8-10-20(11-9-19)21-12-14-22(15-13-21)24-16-18-6-4-3-5-7-18/h3-15,17H,16H2,1-2H3. The van der Waals surface area contributed by atoms with Crippen molar-refractivity contribution >= 4 is 0 Å². The van der Waals surface area contributed by atoms with Crippen LogP contribution in [0.3, 0.4) is 0 Å². The lowest BCUT2D eigenvalue weighted by Gasteiger charge is -2.11. The van der Waals surface area contributed by atoms with Gasteiger partial charge in [0.1, 0.15) is 12.4 Å². The summed E-state index contributed by atoms with van der Waals surface area (Å²) in [6.07, 6.45) is 0.118. The Labute approximate surface area is 143 Å². The lowest BCUT2D eigenvalue weighted by atomic mass is 10.0. The molecule has 0 aliphatic heterocycles. The molecule has 0 amide bonds. The summed E-state index contributed by atoms with van der Waals surface area (Å²) >= 11 is 0. The van der Waals surface area contributed by atoms with Crippen LogP contribution in [0.5, 0.6) is 5.75 Å². The van der Waals surface area contributed by atoms with Crippen LogP contribution in [-0.2, 0) is 11.3 Å². The second kappa shape index (κ2) is 7.80. The molecule has 3 rings (SSSR count). The largest absolute Gasteiger partial charge is 0.489 e. The number of hydrogen-bond acceptors (Lipinski definition) is 2. The van der Waals surface area contributed by atoms with Crippen LogP contribution in [-0.4, -0.2) is 7.11 Å². The smallest absolute Gasteiger partial charge is 0.119 e. The maximum atomic E-state index is 5.83. The van der Waals surface area contributed by atoms with Gasteiger partial charge < -0.3 is 9.47 Å². The zero-order valence-electron chi connectivity index (χ0n) is 14.1. The van der Waals surface area contributed by atoms with E-state index in [0.717, 1.165) is 5.75 Å². The van der Waals surface area contributed by atoms with Gasteiger partial charge in [0.25, 0.3) is 0 Å². The average molecular weight is 318 g/mol. The lowest BCUT2D eigenvalue weighted by Crippen LogP contribution is -1.95. The molecule has 0 N–H and O–H groups in total. The molecule has 0 bridgehead atoms. The van der Waals surface area contributed by atoms with E-state index in [4.69, 9.17) is 9.47 Å². The van der Waals surface area contributed by atoms with E-state index >= 15 is 0 Å². The zero-order chi connectivity index (χ0) is 16.8. The predicted molar refractivity (Wildman–Crippen MR) is 98.1 cm³/mol. The van der Waals surface area contributed by atoms with Gasteiger partial charge in [-0.3, -0.25) is 0 Å². The second-order valence-corrected chi connectivity index (χ2v) is 5.80. The van der Waals surface area contributed by atoms with Crippen molar-refractivity contribution in [3.05, 3.63) is 90.0 Å². The van der Waals surface area contributed by atoms with E-state index in [1.165, 1.54) is 22.3 Å². The molecule has 24 heavy (non-hydrogen) atoms. The van der Waals surface area contributed by atoms with E-state index in [9.17, 15) is 0 Å². The van der Waals surface area contributed by atoms with E-state index in [1.54, 1.807) is 7.11 Å². The minimum atomic E-state index is 0.118. The molecule has 0 spiro atoms. The number of rotatable bonds is 6. The van der Waals surface area contributed by atoms with Crippen molar-refractivity contribution in [2.75, 3.05) is 7.11 Å². The molecule has 0 saturated carbocycles. The van der Waals surface area contributed by atoms with Gasteiger partial charge in [-0.15, -0.1) is 0 Å². The van der Waals surface area contributed by atoms with Gasteiger partial charge in [0.05, 0.1) is 6.10 Å². The molecular formula is C22H22O2. The fraction of sp³-hybridized carbons (Fsp3) is 0.182. The minimum Gasteiger partial charge on any atom is -0.489 e.